The fourth-order valence-corrected chi connectivity index (χ4v) is 4.54. The predicted molar refractivity (Wildman–Crippen MR) is 112 cm³/mol. The van der Waals surface area contributed by atoms with Gasteiger partial charge < -0.3 is 15.4 Å². The van der Waals surface area contributed by atoms with Gasteiger partial charge in [0.25, 0.3) is 5.91 Å². The van der Waals surface area contributed by atoms with Gasteiger partial charge in [0.1, 0.15) is 5.75 Å². The van der Waals surface area contributed by atoms with Crippen LogP contribution in [0.25, 0.3) is 0 Å². The summed E-state index contributed by atoms with van der Waals surface area (Å²) in [7, 11) is -1.77. The molecule has 8 nitrogen and oxygen atoms in total. The summed E-state index contributed by atoms with van der Waals surface area (Å²) in [6.45, 7) is 3.46. The maximum atomic E-state index is 12.6. The van der Waals surface area contributed by atoms with Crippen LogP contribution in [0.15, 0.2) is 24.3 Å². The molecule has 3 N–H and O–H groups in total. The number of ether oxygens (including phenoxy) is 1. The van der Waals surface area contributed by atoms with Gasteiger partial charge in [0.15, 0.2) is 6.61 Å². The minimum atomic E-state index is -3.31. The lowest BCUT2D eigenvalue weighted by atomic mass is 9.86. The van der Waals surface area contributed by atoms with E-state index in [0.29, 0.717) is 43.5 Å². The molecule has 1 aliphatic carbocycles. The third-order valence-corrected chi connectivity index (χ3v) is 7.34. The van der Waals surface area contributed by atoms with E-state index >= 15 is 0 Å². The van der Waals surface area contributed by atoms with E-state index in [-0.39, 0.29) is 30.4 Å². The SMILES string of the molecule is CCC(C)S(=O)(=O)NC1CCC(C(=O)Nc2cccc(OCC(=O)NC)c2)CC1. The number of sulfonamides is 1. The first-order chi connectivity index (χ1) is 13.7. The Kier molecular flexibility index (Phi) is 8.45. The van der Waals surface area contributed by atoms with E-state index in [1.54, 1.807) is 31.2 Å². The lowest BCUT2D eigenvalue weighted by Crippen LogP contribution is -2.42. The number of hydrogen-bond donors (Lipinski definition) is 3. The predicted octanol–water partition coefficient (Wildman–Crippen LogP) is 2.03. The second-order valence-corrected chi connectivity index (χ2v) is 9.54. The molecule has 1 aromatic rings. The van der Waals surface area contributed by atoms with Crippen molar-refractivity contribution < 1.29 is 22.7 Å². The lowest BCUT2D eigenvalue weighted by Gasteiger charge is -2.29. The molecule has 1 atom stereocenters. The molecule has 0 spiro atoms. The second kappa shape index (κ2) is 10.6. The quantitative estimate of drug-likeness (QED) is 0.560. The van der Waals surface area contributed by atoms with Gasteiger partial charge in [-0.15, -0.1) is 0 Å². The number of likely N-dealkylation sites (N-methyl/N-ethyl adjacent to an activating group) is 1. The maximum Gasteiger partial charge on any atom is 0.257 e. The van der Waals surface area contributed by atoms with Crippen molar-refractivity contribution in [3.8, 4) is 5.75 Å². The molecular formula is C20H31N3O5S. The summed E-state index contributed by atoms with van der Waals surface area (Å²) in [6.07, 6.45) is 3.11. The fraction of sp³-hybridized carbons (Fsp3) is 0.600. The van der Waals surface area contributed by atoms with Crippen LogP contribution in [0, 0.1) is 5.92 Å². The Morgan fingerprint density at radius 2 is 1.90 bits per heavy atom. The number of hydrogen-bond acceptors (Lipinski definition) is 5. The number of carbonyl (C=O) groups is 2. The molecule has 9 heteroatoms. The summed E-state index contributed by atoms with van der Waals surface area (Å²) in [6, 6.07) is 6.78. The first-order valence-corrected chi connectivity index (χ1v) is 11.5. The molecule has 2 rings (SSSR count). The third-order valence-electron chi connectivity index (χ3n) is 5.28. The van der Waals surface area contributed by atoms with Gasteiger partial charge >= 0.3 is 0 Å². The van der Waals surface area contributed by atoms with E-state index in [2.05, 4.69) is 15.4 Å². The molecule has 1 aromatic carbocycles. The van der Waals surface area contributed by atoms with Gasteiger partial charge in [0.05, 0.1) is 5.25 Å². The topological polar surface area (TPSA) is 114 Å². The van der Waals surface area contributed by atoms with Crippen LogP contribution < -0.4 is 20.1 Å². The molecular weight excluding hydrogens is 394 g/mol. The number of rotatable bonds is 9. The Labute approximate surface area is 172 Å². The minimum absolute atomic E-state index is 0.0864. The summed E-state index contributed by atoms with van der Waals surface area (Å²) in [4.78, 5) is 23.9. The van der Waals surface area contributed by atoms with Gasteiger partial charge in [-0.2, -0.15) is 0 Å². The molecule has 1 fully saturated rings. The number of benzene rings is 1. The monoisotopic (exact) mass is 425 g/mol. The molecule has 0 aliphatic heterocycles. The Morgan fingerprint density at radius 1 is 1.21 bits per heavy atom. The van der Waals surface area contributed by atoms with Crippen molar-refractivity contribution in [1.29, 1.82) is 0 Å². The van der Waals surface area contributed by atoms with Crippen LogP contribution in [-0.4, -0.2) is 45.2 Å². The van der Waals surface area contributed by atoms with Gasteiger partial charge in [0, 0.05) is 30.8 Å². The Hall–Kier alpha value is -2.13. The molecule has 1 aliphatic rings. The van der Waals surface area contributed by atoms with Crippen molar-refractivity contribution >= 4 is 27.5 Å². The molecule has 29 heavy (non-hydrogen) atoms. The molecule has 0 bridgehead atoms. The molecule has 2 amide bonds. The van der Waals surface area contributed by atoms with Crippen molar-refractivity contribution in [2.45, 2.75) is 57.2 Å². The highest BCUT2D eigenvalue weighted by Gasteiger charge is 2.30. The minimum Gasteiger partial charge on any atom is -0.484 e. The molecule has 1 unspecified atom stereocenters. The summed E-state index contributed by atoms with van der Waals surface area (Å²) in [5, 5.41) is 4.95. The molecule has 162 valence electrons. The van der Waals surface area contributed by atoms with Crippen LogP contribution in [0.3, 0.4) is 0 Å². The van der Waals surface area contributed by atoms with Gasteiger partial charge in [-0.05, 0) is 51.2 Å². The Balaban J connectivity index is 1.85. The van der Waals surface area contributed by atoms with Crippen molar-refractivity contribution in [2.24, 2.45) is 5.92 Å². The number of nitrogens with one attached hydrogen (secondary N) is 3. The summed E-state index contributed by atoms with van der Waals surface area (Å²) >= 11 is 0. The maximum absolute atomic E-state index is 12.6. The first kappa shape index (κ1) is 23.2. The highest BCUT2D eigenvalue weighted by atomic mass is 32.2. The number of carbonyl (C=O) groups excluding carboxylic acids is 2. The van der Waals surface area contributed by atoms with E-state index < -0.39 is 15.3 Å². The number of amides is 2. The Morgan fingerprint density at radius 3 is 2.52 bits per heavy atom. The fourth-order valence-electron chi connectivity index (χ4n) is 3.17. The summed E-state index contributed by atoms with van der Waals surface area (Å²) in [5.74, 6) is 0.0150. The van der Waals surface area contributed by atoms with E-state index in [0.717, 1.165) is 0 Å². The van der Waals surface area contributed by atoms with Crippen LogP contribution in [0.4, 0.5) is 5.69 Å². The average molecular weight is 426 g/mol. The second-order valence-electron chi connectivity index (χ2n) is 7.41. The highest BCUT2D eigenvalue weighted by molar-refractivity contribution is 7.90. The van der Waals surface area contributed by atoms with Crippen LogP contribution in [-0.2, 0) is 19.6 Å². The van der Waals surface area contributed by atoms with Crippen molar-refractivity contribution in [2.75, 3.05) is 19.0 Å². The number of anilines is 1. The zero-order chi connectivity index (χ0) is 21.4. The molecule has 0 aromatic heterocycles. The van der Waals surface area contributed by atoms with E-state index in [1.165, 1.54) is 7.05 Å². The third kappa shape index (κ3) is 7.01. The smallest absolute Gasteiger partial charge is 0.257 e. The van der Waals surface area contributed by atoms with Crippen molar-refractivity contribution in [3.05, 3.63) is 24.3 Å². The van der Waals surface area contributed by atoms with Gasteiger partial charge in [-0.1, -0.05) is 13.0 Å². The normalized spacial score (nSPS) is 20.5. The molecule has 1 saturated carbocycles. The highest BCUT2D eigenvalue weighted by Crippen LogP contribution is 2.27. The lowest BCUT2D eigenvalue weighted by molar-refractivity contribution is -0.122. The van der Waals surface area contributed by atoms with Gasteiger partial charge in [-0.25, -0.2) is 13.1 Å². The molecule has 0 radical (unpaired) electrons. The summed E-state index contributed by atoms with van der Waals surface area (Å²) < 4.78 is 32.6. The van der Waals surface area contributed by atoms with E-state index in [1.807, 2.05) is 6.92 Å². The van der Waals surface area contributed by atoms with Crippen LogP contribution in [0.1, 0.15) is 46.0 Å². The first-order valence-electron chi connectivity index (χ1n) is 10.0. The molecule has 0 saturated heterocycles. The average Bonchev–Trinajstić information content (AvgIpc) is 2.71. The largest absolute Gasteiger partial charge is 0.484 e. The van der Waals surface area contributed by atoms with Gasteiger partial charge in [0.2, 0.25) is 15.9 Å². The molecule has 0 heterocycles. The van der Waals surface area contributed by atoms with E-state index in [4.69, 9.17) is 4.74 Å². The zero-order valence-corrected chi connectivity index (χ0v) is 18.1. The zero-order valence-electron chi connectivity index (χ0n) is 17.2. The van der Waals surface area contributed by atoms with E-state index in [9.17, 15) is 18.0 Å². The van der Waals surface area contributed by atoms with Crippen LogP contribution in [0.2, 0.25) is 0 Å². The van der Waals surface area contributed by atoms with Crippen molar-refractivity contribution in [3.63, 3.8) is 0 Å². The van der Waals surface area contributed by atoms with Crippen LogP contribution in [0.5, 0.6) is 5.75 Å². The van der Waals surface area contributed by atoms with Crippen molar-refractivity contribution in [1.82, 2.24) is 10.0 Å². The summed E-state index contributed by atoms with van der Waals surface area (Å²) in [5.41, 5.74) is 0.601. The standard InChI is InChI=1S/C20H31N3O5S/c1-4-14(2)29(26,27)23-16-10-8-15(9-11-16)20(25)22-17-6-5-7-18(12-17)28-13-19(24)21-3/h5-7,12,14-16,23H,4,8-11,13H2,1-3H3,(H,21,24)(H,22,25). The Bertz CT molecular complexity index is 804. The van der Waals surface area contributed by atoms with Crippen LogP contribution >= 0.6 is 0 Å². The van der Waals surface area contributed by atoms with Gasteiger partial charge in [-0.3, -0.25) is 9.59 Å².